The molecule has 0 bridgehead atoms. The molecule has 1 aliphatic heterocycles. The maximum absolute atomic E-state index is 12.8. The number of carbonyl (C=O) groups is 1. The van der Waals surface area contributed by atoms with Crippen molar-refractivity contribution in [2.75, 3.05) is 11.4 Å². The molecule has 0 saturated carbocycles. The number of aromatic nitrogens is 5. The van der Waals surface area contributed by atoms with E-state index < -0.39 is 5.60 Å². The van der Waals surface area contributed by atoms with Crippen LogP contribution < -0.4 is 4.90 Å². The van der Waals surface area contributed by atoms with Crippen LogP contribution in [-0.4, -0.2) is 53.5 Å². The van der Waals surface area contributed by atoms with Crippen molar-refractivity contribution in [1.29, 1.82) is 0 Å². The number of rotatable bonds is 6. The summed E-state index contributed by atoms with van der Waals surface area (Å²) in [6, 6.07) is 2.16. The van der Waals surface area contributed by atoms with E-state index in [1.807, 2.05) is 6.20 Å². The number of ketones is 1. The lowest BCUT2D eigenvalue weighted by Crippen LogP contribution is -2.38. The highest BCUT2D eigenvalue weighted by Gasteiger charge is 2.24. The first-order valence-electron chi connectivity index (χ1n) is 10.4. The van der Waals surface area contributed by atoms with E-state index in [1.165, 1.54) is 6.42 Å². The van der Waals surface area contributed by atoms with E-state index in [-0.39, 0.29) is 5.78 Å². The summed E-state index contributed by atoms with van der Waals surface area (Å²) in [6.45, 7) is 7.04. The number of anilines is 1. The number of allylic oxidation sites excluding steroid dienone is 1. The second kappa shape index (κ2) is 8.02. The number of carbonyl (C=O) groups excluding carboxylic acids is 1. The zero-order valence-electron chi connectivity index (χ0n) is 17.7. The monoisotopic (exact) mass is 408 g/mol. The summed E-state index contributed by atoms with van der Waals surface area (Å²) < 4.78 is 3.35. The Hall–Kier alpha value is -3.00. The smallest absolute Gasteiger partial charge is 0.191 e. The minimum Gasteiger partial charge on any atom is -0.389 e. The topological polar surface area (TPSA) is 88.5 Å². The quantitative estimate of drug-likeness (QED) is 0.498. The zero-order chi connectivity index (χ0) is 21.3. The van der Waals surface area contributed by atoms with E-state index in [0.29, 0.717) is 23.8 Å². The molecule has 30 heavy (non-hydrogen) atoms. The Morgan fingerprint density at radius 1 is 1.37 bits per heavy atom. The summed E-state index contributed by atoms with van der Waals surface area (Å²) in [5.74, 6) is 0.699. The maximum atomic E-state index is 12.8. The van der Waals surface area contributed by atoms with E-state index in [0.717, 1.165) is 30.8 Å². The van der Waals surface area contributed by atoms with Gasteiger partial charge in [0.1, 0.15) is 0 Å². The second-order valence-electron chi connectivity index (χ2n) is 8.60. The van der Waals surface area contributed by atoms with Gasteiger partial charge in [0.05, 0.1) is 23.9 Å². The van der Waals surface area contributed by atoms with Crippen molar-refractivity contribution in [3.8, 4) is 0 Å². The fourth-order valence-electron chi connectivity index (χ4n) is 3.91. The highest BCUT2D eigenvalue weighted by Crippen LogP contribution is 2.28. The van der Waals surface area contributed by atoms with Gasteiger partial charge in [-0.1, -0.05) is 0 Å². The summed E-state index contributed by atoms with van der Waals surface area (Å²) in [5, 5.41) is 19.2. The largest absolute Gasteiger partial charge is 0.389 e. The molecule has 1 fully saturated rings. The molecule has 0 radical (unpaired) electrons. The van der Waals surface area contributed by atoms with Crippen LogP contribution in [0.25, 0.3) is 11.7 Å². The third-order valence-corrected chi connectivity index (χ3v) is 5.35. The summed E-state index contributed by atoms with van der Waals surface area (Å²) in [6.07, 6.45) is 13.7. The van der Waals surface area contributed by atoms with E-state index in [2.05, 4.69) is 21.9 Å². The summed E-state index contributed by atoms with van der Waals surface area (Å²) in [5.41, 5.74) is 0.986. The Kier molecular flexibility index (Phi) is 5.42. The predicted octanol–water partition coefficient (Wildman–Crippen LogP) is 2.97. The first-order chi connectivity index (χ1) is 14.3. The number of aliphatic hydroxyl groups is 1. The Morgan fingerprint density at radius 2 is 2.20 bits per heavy atom. The van der Waals surface area contributed by atoms with Gasteiger partial charge in [0.15, 0.2) is 17.2 Å². The normalized spacial score (nSPS) is 17.9. The molecular formula is C22H28N6O2. The van der Waals surface area contributed by atoms with Gasteiger partial charge in [-0.3, -0.25) is 9.48 Å². The van der Waals surface area contributed by atoms with Gasteiger partial charge in [-0.25, -0.2) is 9.50 Å². The molecule has 158 valence electrons. The highest BCUT2D eigenvalue weighted by molar-refractivity contribution is 6.10. The van der Waals surface area contributed by atoms with Crippen molar-refractivity contribution in [3.05, 3.63) is 48.1 Å². The average molecular weight is 409 g/mol. The van der Waals surface area contributed by atoms with E-state index in [9.17, 15) is 9.90 Å². The fourth-order valence-corrected chi connectivity index (χ4v) is 3.91. The van der Waals surface area contributed by atoms with Crippen LogP contribution in [0, 0.1) is 0 Å². The van der Waals surface area contributed by atoms with Crippen molar-refractivity contribution < 1.29 is 9.90 Å². The van der Waals surface area contributed by atoms with Crippen LogP contribution in [0.15, 0.2) is 36.9 Å². The molecule has 1 unspecified atom stereocenters. The van der Waals surface area contributed by atoms with Crippen LogP contribution in [0.3, 0.4) is 0 Å². The lowest BCUT2D eigenvalue weighted by molar-refractivity contribution is 0.0578. The standard InChI is InChI=1S/C22H28N6O2/c1-16-7-4-5-11-27(16)20-17(14-26(25-20)15-22(2,3)30)8-9-19(29)18-13-24-28-12-6-10-23-21(18)28/h6,8-10,12-14,16,30H,4-5,7,11,15H2,1-3H3/b9-8-. The van der Waals surface area contributed by atoms with Crippen LogP contribution in [0.2, 0.25) is 0 Å². The molecule has 0 amide bonds. The first kappa shape index (κ1) is 20.3. The Balaban J connectivity index is 1.65. The molecule has 1 saturated heterocycles. The molecule has 0 spiro atoms. The molecule has 1 atom stereocenters. The van der Waals surface area contributed by atoms with Gasteiger partial charge in [-0.2, -0.15) is 10.2 Å². The lowest BCUT2D eigenvalue weighted by Gasteiger charge is -2.34. The molecule has 1 N–H and O–H groups in total. The Morgan fingerprint density at radius 3 is 2.97 bits per heavy atom. The number of hydrogen-bond donors (Lipinski definition) is 1. The van der Waals surface area contributed by atoms with Gasteiger partial charge in [0, 0.05) is 36.7 Å². The summed E-state index contributed by atoms with van der Waals surface area (Å²) >= 11 is 0. The van der Waals surface area contributed by atoms with E-state index in [4.69, 9.17) is 5.10 Å². The van der Waals surface area contributed by atoms with Crippen molar-refractivity contribution in [2.24, 2.45) is 0 Å². The average Bonchev–Trinajstić information content (AvgIpc) is 3.29. The van der Waals surface area contributed by atoms with Crippen LogP contribution in [-0.2, 0) is 6.54 Å². The van der Waals surface area contributed by atoms with Gasteiger partial charge in [-0.05, 0) is 58.3 Å². The Labute approximate surface area is 175 Å². The summed E-state index contributed by atoms with van der Waals surface area (Å²) in [7, 11) is 0. The van der Waals surface area contributed by atoms with Gasteiger partial charge < -0.3 is 10.0 Å². The molecule has 3 aromatic rings. The first-order valence-corrected chi connectivity index (χ1v) is 10.4. The number of hydrogen-bond acceptors (Lipinski definition) is 6. The minimum absolute atomic E-state index is 0.156. The molecule has 1 aliphatic rings. The van der Waals surface area contributed by atoms with Crippen molar-refractivity contribution in [3.63, 3.8) is 0 Å². The van der Waals surface area contributed by atoms with Crippen molar-refractivity contribution in [2.45, 2.75) is 58.2 Å². The molecule has 4 heterocycles. The number of fused-ring (bicyclic) bond motifs is 1. The van der Waals surface area contributed by atoms with Crippen LogP contribution in [0.5, 0.6) is 0 Å². The third kappa shape index (κ3) is 4.28. The lowest BCUT2D eigenvalue weighted by atomic mass is 10.0. The molecular weight excluding hydrogens is 380 g/mol. The molecule has 3 aromatic heterocycles. The van der Waals surface area contributed by atoms with Crippen molar-refractivity contribution >= 4 is 23.3 Å². The molecule has 8 heteroatoms. The highest BCUT2D eigenvalue weighted by atomic mass is 16.3. The molecule has 0 aromatic carbocycles. The third-order valence-electron chi connectivity index (χ3n) is 5.35. The number of nitrogens with zero attached hydrogens (tertiary/aromatic N) is 6. The van der Waals surface area contributed by atoms with Crippen molar-refractivity contribution in [1.82, 2.24) is 24.4 Å². The number of piperidine rings is 1. The summed E-state index contributed by atoms with van der Waals surface area (Å²) in [4.78, 5) is 19.4. The van der Waals surface area contributed by atoms with Gasteiger partial charge in [-0.15, -0.1) is 0 Å². The second-order valence-corrected chi connectivity index (χ2v) is 8.60. The van der Waals surface area contributed by atoms with Gasteiger partial charge >= 0.3 is 0 Å². The van der Waals surface area contributed by atoms with E-state index in [1.54, 1.807) is 59.9 Å². The Bertz CT molecular complexity index is 1070. The van der Waals surface area contributed by atoms with Gasteiger partial charge in [0.2, 0.25) is 0 Å². The maximum Gasteiger partial charge on any atom is 0.191 e. The SMILES string of the molecule is CC1CCCCN1c1nn(CC(C)(C)O)cc1/C=C\C(=O)c1cnn2cccnc12. The van der Waals surface area contributed by atoms with Crippen LogP contribution >= 0.6 is 0 Å². The molecule has 4 rings (SSSR count). The minimum atomic E-state index is -0.879. The molecule has 8 nitrogen and oxygen atoms in total. The van der Waals surface area contributed by atoms with Crippen LogP contribution in [0.1, 0.15) is 56.0 Å². The van der Waals surface area contributed by atoms with Gasteiger partial charge in [0.25, 0.3) is 0 Å². The van der Waals surface area contributed by atoms with E-state index >= 15 is 0 Å². The zero-order valence-corrected chi connectivity index (χ0v) is 17.7. The predicted molar refractivity (Wildman–Crippen MR) is 116 cm³/mol. The van der Waals surface area contributed by atoms with Crippen LogP contribution in [0.4, 0.5) is 5.82 Å². The molecule has 0 aliphatic carbocycles. The fraction of sp³-hybridized carbons (Fsp3) is 0.455.